The lowest BCUT2D eigenvalue weighted by Crippen LogP contribution is -2.22. The van der Waals surface area contributed by atoms with E-state index in [2.05, 4.69) is 36.0 Å². The minimum Gasteiger partial charge on any atom is -0.469 e. The van der Waals surface area contributed by atoms with E-state index in [1.807, 2.05) is 0 Å². The van der Waals surface area contributed by atoms with Crippen molar-refractivity contribution >= 4 is 5.97 Å². The number of aliphatic hydroxyl groups is 2. The van der Waals surface area contributed by atoms with Gasteiger partial charge in [0.25, 0.3) is 0 Å². The molecule has 1 aliphatic carbocycles. The highest BCUT2D eigenvalue weighted by atomic mass is 16.5. The van der Waals surface area contributed by atoms with Gasteiger partial charge in [0.1, 0.15) is 0 Å². The van der Waals surface area contributed by atoms with E-state index in [1.54, 1.807) is 0 Å². The highest BCUT2D eigenvalue weighted by Crippen LogP contribution is 2.38. The second kappa shape index (κ2) is 16.6. The van der Waals surface area contributed by atoms with Gasteiger partial charge < -0.3 is 19.7 Å². The molecule has 0 heterocycles. The molecule has 5 nitrogen and oxygen atoms in total. The predicted molar refractivity (Wildman–Crippen MR) is 117 cm³/mol. The Bertz CT molecular complexity index is 474. The van der Waals surface area contributed by atoms with E-state index in [9.17, 15) is 9.90 Å². The normalized spacial score (nSPS) is 24.7. The standard InChI is InChI=1S/C24H42O5/c1-3-18-29-23-19-22(26)20(14-10-7-8-12-16-24(27)28-2)21(23)15-11-6-4-5-9-13-17-25/h7,10-11,15,20-23,25-26H,3-6,8-9,12-14,16-19H2,1-2H3/b10-7-,15-11+/t20?,21-,22+,23-/m1/s1. The van der Waals surface area contributed by atoms with Gasteiger partial charge in [-0.25, -0.2) is 0 Å². The lowest BCUT2D eigenvalue weighted by Gasteiger charge is -2.22. The highest BCUT2D eigenvalue weighted by molar-refractivity contribution is 5.69. The average Bonchev–Trinajstić information content (AvgIpc) is 3.02. The van der Waals surface area contributed by atoms with E-state index in [0.29, 0.717) is 12.8 Å². The van der Waals surface area contributed by atoms with E-state index in [1.165, 1.54) is 7.11 Å². The topological polar surface area (TPSA) is 76.0 Å². The Hall–Kier alpha value is -1.17. The number of allylic oxidation sites excluding steroid dienone is 3. The number of carbonyl (C=O) groups is 1. The van der Waals surface area contributed by atoms with Gasteiger partial charge in [0.2, 0.25) is 0 Å². The quantitative estimate of drug-likeness (QED) is 0.221. The largest absolute Gasteiger partial charge is 0.469 e. The minimum atomic E-state index is -0.337. The molecule has 29 heavy (non-hydrogen) atoms. The molecule has 1 unspecified atom stereocenters. The van der Waals surface area contributed by atoms with Gasteiger partial charge in [0.15, 0.2) is 0 Å². The van der Waals surface area contributed by atoms with Crippen molar-refractivity contribution in [3.8, 4) is 0 Å². The molecule has 0 bridgehead atoms. The number of methoxy groups -OCH3 is 1. The fraction of sp³-hybridized carbons (Fsp3) is 0.792. The molecule has 168 valence electrons. The van der Waals surface area contributed by atoms with E-state index in [-0.39, 0.29) is 36.6 Å². The second-order valence-electron chi connectivity index (χ2n) is 7.98. The number of unbranched alkanes of at least 4 members (excludes halogenated alkanes) is 5. The summed E-state index contributed by atoms with van der Waals surface area (Å²) in [6.45, 7) is 3.13. The van der Waals surface area contributed by atoms with Crippen LogP contribution in [0.15, 0.2) is 24.3 Å². The van der Waals surface area contributed by atoms with Crippen LogP contribution in [0.2, 0.25) is 0 Å². The second-order valence-corrected chi connectivity index (χ2v) is 7.98. The first-order chi connectivity index (χ1) is 14.1. The third-order valence-electron chi connectivity index (χ3n) is 5.62. The molecule has 0 aromatic carbocycles. The van der Waals surface area contributed by atoms with E-state index < -0.39 is 0 Å². The van der Waals surface area contributed by atoms with Gasteiger partial charge >= 0.3 is 5.97 Å². The molecule has 2 N–H and O–H groups in total. The van der Waals surface area contributed by atoms with E-state index >= 15 is 0 Å². The fourth-order valence-corrected chi connectivity index (χ4v) is 3.95. The van der Waals surface area contributed by atoms with Crippen molar-refractivity contribution in [3.05, 3.63) is 24.3 Å². The summed E-state index contributed by atoms with van der Waals surface area (Å²) in [5.41, 5.74) is 0. The lowest BCUT2D eigenvalue weighted by atomic mass is 9.89. The first-order valence-corrected chi connectivity index (χ1v) is 11.4. The molecule has 1 saturated carbocycles. The monoisotopic (exact) mass is 410 g/mol. The van der Waals surface area contributed by atoms with Crippen LogP contribution in [0, 0.1) is 11.8 Å². The summed E-state index contributed by atoms with van der Waals surface area (Å²) in [5, 5.41) is 19.4. The molecule has 1 aliphatic rings. The molecule has 0 aliphatic heterocycles. The predicted octanol–water partition coefficient (Wildman–Crippen LogP) is 4.57. The zero-order chi connectivity index (χ0) is 21.3. The van der Waals surface area contributed by atoms with Crippen molar-refractivity contribution in [1.29, 1.82) is 0 Å². The van der Waals surface area contributed by atoms with Gasteiger partial charge in [0.05, 0.1) is 19.3 Å². The van der Waals surface area contributed by atoms with Gasteiger partial charge in [-0.1, -0.05) is 44.1 Å². The first kappa shape index (κ1) is 25.9. The van der Waals surface area contributed by atoms with Crippen LogP contribution in [-0.2, 0) is 14.3 Å². The average molecular weight is 411 g/mol. The molecule has 0 aromatic heterocycles. The molecule has 4 atom stereocenters. The Morgan fingerprint density at radius 2 is 1.83 bits per heavy atom. The number of aliphatic hydroxyl groups excluding tert-OH is 2. The van der Waals surface area contributed by atoms with Crippen LogP contribution in [0.1, 0.15) is 77.6 Å². The van der Waals surface area contributed by atoms with E-state index in [0.717, 1.165) is 64.4 Å². The summed E-state index contributed by atoms with van der Waals surface area (Å²) in [4.78, 5) is 11.1. The zero-order valence-corrected chi connectivity index (χ0v) is 18.4. The molecule has 1 rings (SSSR count). The molecular formula is C24H42O5. The van der Waals surface area contributed by atoms with Gasteiger partial charge in [-0.3, -0.25) is 4.79 Å². The Kier molecular flexibility index (Phi) is 14.8. The molecular weight excluding hydrogens is 368 g/mol. The number of esters is 1. The Labute approximate surface area is 177 Å². The molecule has 0 radical (unpaired) electrons. The fourth-order valence-electron chi connectivity index (χ4n) is 3.95. The summed E-state index contributed by atoms with van der Waals surface area (Å²) in [6, 6.07) is 0. The van der Waals surface area contributed by atoms with Crippen molar-refractivity contribution in [2.24, 2.45) is 11.8 Å². The number of hydrogen-bond donors (Lipinski definition) is 2. The van der Waals surface area contributed by atoms with Crippen LogP contribution in [0.4, 0.5) is 0 Å². The first-order valence-electron chi connectivity index (χ1n) is 11.4. The van der Waals surface area contributed by atoms with Crippen molar-refractivity contribution in [2.45, 2.75) is 89.8 Å². The van der Waals surface area contributed by atoms with Crippen LogP contribution < -0.4 is 0 Å². The van der Waals surface area contributed by atoms with Gasteiger partial charge in [-0.2, -0.15) is 0 Å². The van der Waals surface area contributed by atoms with Crippen molar-refractivity contribution in [1.82, 2.24) is 0 Å². The van der Waals surface area contributed by atoms with Crippen molar-refractivity contribution in [3.63, 3.8) is 0 Å². The molecule has 0 aromatic rings. The van der Waals surface area contributed by atoms with Crippen LogP contribution in [-0.4, -0.2) is 48.7 Å². The third kappa shape index (κ3) is 11.0. The van der Waals surface area contributed by atoms with Crippen molar-refractivity contribution in [2.75, 3.05) is 20.3 Å². The lowest BCUT2D eigenvalue weighted by molar-refractivity contribution is -0.140. The van der Waals surface area contributed by atoms with Crippen LogP contribution in [0.5, 0.6) is 0 Å². The number of carbonyl (C=O) groups excluding carboxylic acids is 1. The van der Waals surface area contributed by atoms with Crippen LogP contribution in [0.3, 0.4) is 0 Å². The van der Waals surface area contributed by atoms with Crippen molar-refractivity contribution < 1.29 is 24.5 Å². The molecule has 0 spiro atoms. The van der Waals surface area contributed by atoms with E-state index in [4.69, 9.17) is 9.84 Å². The summed E-state index contributed by atoms with van der Waals surface area (Å²) in [5.74, 6) is 0.259. The SMILES string of the molecule is CCCO[C@@H]1C[C@H](O)C(C/C=C\CCCC(=O)OC)[C@H]1/C=C/CCCCCCO. The summed E-state index contributed by atoms with van der Waals surface area (Å²) < 4.78 is 10.7. The number of ether oxygens (including phenoxy) is 2. The maximum atomic E-state index is 11.1. The molecule has 0 amide bonds. The maximum absolute atomic E-state index is 11.1. The Balaban J connectivity index is 2.51. The number of rotatable bonds is 16. The molecule has 1 fully saturated rings. The molecule has 5 heteroatoms. The summed E-state index contributed by atoms with van der Waals surface area (Å²) in [6.07, 6.45) is 18.4. The Morgan fingerprint density at radius 1 is 1.07 bits per heavy atom. The minimum absolute atomic E-state index is 0.0910. The smallest absolute Gasteiger partial charge is 0.305 e. The third-order valence-corrected chi connectivity index (χ3v) is 5.62. The Morgan fingerprint density at radius 3 is 2.55 bits per heavy atom. The zero-order valence-electron chi connectivity index (χ0n) is 18.4. The highest BCUT2D eigenvalue weighted by Gasteiger charge is 2.40. The van der Waals surface area contributed by atoms with Crippen LogP contribution >= 0.6 is 0 Å². The van der Waals surface area contributed by atoms with Gasteiger partial charge in [0, 0.05) is 32.0 Å². The summed E-state index contributed by atoms with van der Waals surface area (Å²) >= 11 is 0. The number of hydrogen-bond acceptors (Lipinski definition) is 5. The van der Waals surface area contributed by atoms with Gasteiger partial charge in [-0.15, -0.1) is 0 Å². The maximum Gasteiger partial charge on any atom is 0.305 e. The molecule has 0 saturated heterocycles. The summed E-state index contributed by atoms with van der Waals surface area (Å²) in [7, 11) is 1.42. The van der Waals surface area contributed by atoms with Crippen LogP contribution in [0.25, 0.3) is 0 Å². The van der Waals surface area contributed by atoms with Gasteiger partial charge in [-0.05, 0) is 50.9 Å².